The number of aliphatic hydroxyl groups excluding tert-OH is 1. The van der Waals surface area contributed by atoms with E-state index in [1.165, 1.54) is 6.26 Å². The van der Waals surface area contributed by atoms with Crippen LogP contribution in [0.3, 0.4) is 0 Å². The summed E-state index contributed by atoms with van der Waals surface area (Å²) in [5.74, 6) is -0.277. The molecule has 0 saturated heterocycles. The highest BCUT2D eigenvalue weighted by Crippen LogP contribution is 2.20. The topological polar surface area (TPSA) is 70.7 Å². The van der Waals surface area contributed by atoms with Gasteiger partial charge in [-0.25, -0.2) is 4.79 Å². The molecule has 0 unspecified atom stereocenters. The van der Waals surface area contributed by atoms with Gasteiger partial charge in [-0.15, -0.1) is 0 Å². The van der Waals surface area contributed by atoms with E-state index in [0.717, 1.165) is 0 Å². The number of hydrogen-bond donors (Lipinski definition) is 2. The Balaban J connectivity index is 3.04. The third-order valence-corrected chi connectivity index (χ3v) is 1.92. The van der Waals surface area contributed by atoms with Crippen molar-refractivity contribution in [1.29, 1.82) is 0 Å². The maximum Gasteiger partial charge on any atom is 0.339 e. The van der Waals surface area contributed by atoms with Crippen LogP contribution < -0.4 is 0 Å². The fourth-order valence-corrected chi connectivity index (χ4v) is 1.33. The Labute approximate surface area is 82.2 Å². The molecule has 4 heteroatoms. The molecule has 0 bridgehead atoms. The smallest absolute Gasteiger partial charge is 0.339 e. The van der Waals surface area contributed by atoms with Crippen molar-refractivity contribution in [2.24, 2.45) is 5.92 Å². The molecule has 0 spiro atoms. The molecule has 2 N–H and O–H groups in total. The Hall–Kier alpha value is -1.29. The number of aliphatic hydroxyl groups is 1. The van der Waals surface area contributed by atoms with Gasteiger partial charge >= 0.3 is 5.97 Å². The minimum Gasteiger partial charge on any atom is -0.478 e. The fraction of sp³-hybridized carbons (Fsp3) is 0.500. The van der Waals surface area contributed by atoms with Gasteiger partial charge < -0.3 is 14.6 Å². The molecule has 14 heavy (non-hydrogen) atoms. The molecule has 1 aromatic rings. The first-order valence-corrected chi connectivity index (χ1v) is 4.49. The molecule has 0 atom stereocenters. The van der Waals surface area contributed by atoms with Crippen molar-refractivity contribution in [3.63, 3.8) is 0 Å². The van der Waals surface area contributed by atoms with E-state index >= 15 is 0 Å². The summed E-state index contributed by atoms with van der Waals surface area (Å²) in [6.07, 6.45) is 1.88. The monoisotopic (exact) mass is 198 g/mol. The molecule has 0 aliphatic heterocycles. The van der Waals surface area contributed by atoms with Crippen molar-refractivity contribution in [2.45, 2.75) is 26.9 Å². The van der Waals surface area contributed by atoms with Crippen molar-refractivity contribution in [1.82, 2.24) is 0 Å². The molecule has 0 saturated carbocycles. The SMILES string of the molecule is CC(C)Cc1occ(CO)c1C(=O)O. The number of furan rings is 1. The van der Waals surface area contributed by atoms with E-state index in [-0.39, 0.29) is 12.2 Å². The second-order valence-corrected chi connectivity index (χ2v) is 3.62. The van der Waals surface area contributed by atoms with Gasteiger partial charge in [-0.05, 0) is 5.92 Å². The summed E-state index contributed by atoms with van der Waals surface area (Å²) < 4.78 is 5.12. The van der Waals surface area contributed by atoms with Crippen LogP contribution in [0.4, 0.5) is 0 Å². The molecule has 1 aromatic heterocycles. The van der Waals surface area contributed by atoms with Crippen molar-refractivity contribution < 1.29 is 19.4 Å². The first kappa shape index (κ1) is 10.8. The van der Waals surface area contributed by atoms with Gasteiger partial charge in [-0.3, -0.25) is 0 Å². The molecule has 4 nitrogen and oxygen atoms in total. The highest BCUT2D eigenvalue weighted by Gasteiger charge is 2.19. The van der Waals surface area contributed by atoms with Gasteiger partial charge in [-0.2, -0.15) is 0 Å². The zero-order valence-corrected chi connectivity index (χ0v) is 8.28. The summed E-state index contributed by atoms with van der Waals surface area (Å²) in [6.45, 7) is 3.66. The summed E-state index contributed by atoms with van der Waals surface area (Å²) in [4.78, 5) is 10.9. The first-order chi connectivity index (χ1) is 6.56. The van der Waals surface area contributed by atoms with Gasteiger partial charge in [0, 0.05) is 12.0 Å². The van der Waals surface area contributed by atoms with Crippen molar-refractivity contribution >= 4 is 5.97 Å². The number of carboxylic acids is 1. The summed E-state index contributed by atoms with van der Waals surface area (Å²) in [7, 11) is 0. The Bertz CT molecular complexity index is 325. The van der Waals surface area contributed by atoms with E-state index in [1.54, 1.807) is 0 Å². The van der Waals surface area contributed by atoms with Crippen LogP contribution in [0.5, 0.6) is 0 Å². The lowest BCUT2D eigenvalue weighted by atomic mass is 10.0. The average molecular weight is 198 g/mol. The molecule has 0 amide bonds. The third kappa shape index (κ3) is 2.14. The molecular weight excluding hydrogens is 184 g/mol. The number of rotatable bonds is 4. The third-order valence-electron chi connectivity index (χ3n) is 1.92. The van der Waals surface area contributed by atoms with Crippen LogP contribution in [0.1, 0.15) is 35.5 Å². The van der Waals surface area contributed by atoms with Gasteiger partial charge in [0.15, 0.2) is 0 Å². The van der Waals surface area contributed by atoms with Crippen LogP contribution in [-0.4, -0.2) is 16.2 Å². The zero-order valence-electron chi connectivity index (χ0n) is 8.28. The predicted octanol–water partition coefficient (Wildman–Crippen LogP) is 1.67. The van der Waals surface area contributed by atoms with E-state index in [2.05, 4.69) is 0 Å². The summed E-state index contributed by atoms with van der Waals surface area (Å²) >= 11 is 0. The lowest BCUT2D eigenvalue weighted by Gasteiger charge is -2.02. The zero-order chi connectivity index (χ0) is 10.7. The second kappa shape index (κ2) is 4.28. The van der Waals surface area contributed by atoms with Crippen LogP contribution in [0, 0.1) is 5.92 Å². The molecule has 1 heterocycles. The molecule has 0 aliphatic rings. The van der Waals surface area contributed by atoms with E-state index in [4.69, 9.17) is 14.6 Å². The molecule has 1 rings (SSSR count). The van der Waals surface area contributed by atoms with Gasteiger partial charge in [0.2, 0.25) is 0 Å². The highest BCUT2D eigenvalue weighted by molar-refractivity contribution is 5.90. The average Bonchev–Trinajstić information content (AvgIpc) is 2.46. The Morgan fingerprint density at radius 3 is 2.64 bits per heavy atom. The Kier molecular flexibility index (Phi) is 3.30. The molecule has 78 valence electrons. The van der Waals surface area contributed by atoms with Crippen molar-refractivity contribution in [2.75, 3.05) is 0 Å². The van der Waals surface area contributed by atoms with E-state index in [1.807, 2.05) is 13.8 Å². The fourth-order valence-electron chi connectivity index (χ4n) is 1.33. The van der Waals surface area contributed by atoms with Gasteiger partial charge in [0.1, 0.15) is 11.3 Å². The molecular formula is C10H14O4. The van der Waals surface area contributed by atoms with E-state index in [9.17, 15) is 4.79 Å². The van der Waals surface area contributed by atoms with Crippen molar-refractivity contribution in [3.8, 4) is 0 Å². The lowest BCUT2D eigenvalue weighted by molar-refractivity contribution is 0.0691. The molecule has 0 radical (unpaired) electrons. The summed E-state index contributed by atoms with van der Waals surface area (Å²) in [6, 6.07) is 0. The minimum atomic E-state index is -1.04. The normalized spacial score (nSPS) is 10.9. The van der Waals surface area contributed by atoms with Crippen LogP contribution in [-0.2, 0) is 13.0 Å². The van der Waals surface area contributed by atoms with Crippen LogP contribution in [0.25, 0.3) is 0 Å². The standard InChI is InChI=1S/C10H14O4/c1-6(2)3-8-9(10(12)13)7(4-11)5-14-8/h5-6,11H,3-4H2,1-2H3,(H,12,13). The Morgan fingerprint density at radius 1 is 1.57 bits per heavy atom. The van der Waals surface area contributed by atoms with Gasteiger partial charge in [0.05, 0.1) is 12.9 Å². The van der Waals surface area contributed by atoms with Gasteiger partial charge in [-0.1, -0.05) is 13.8 Å². The number of aromatic carboxylic acids is 1. The maximum atomic E-state index is 10.9. The van der Waals surface area contributed by atoms with E-state index in [0.29, 0.717) is 23.7 Å². The number of carboxylic acid groups (broad SMARTS) is 1. The summed E-state index contributed by atoms with van der Waals surface area (Å²) in [5.41, 5.74) is 0.453. The Morgan fingerprint density at radius 2 is 2.21 bits per heavy atom. The quantitative estimate of drug-likeness (QED) is 0.772. The maximum absolute atomic E-state index is 10.9. The van der Waals surface area contributed by atoms with Crippen molar-refractivity contribution in [3.05, 3.63) is 23.2 Å². The molecule has 0 fully saturated rings. The largest absolute Gasteiger partial charge is 0.478 e. The number of hydrogen-bond acceptors (Lipinski definition) is 3. The first-order valence-electron chi connectivity index (χ1n) is 4.49. The highest BCUT2D eigenvalue weighted by atomic mass is 16.4. The lowest BCUT2D eigenvalue weighted by Crippen LogP contribution is -2.05. The summed E-state index contributed by atoms with van der Waals surface area (Å²) in [5, 5.41) is 17.8. The van der Waals surface area contributed by atoms with Crippen LogP contribution in [0.2, 0.25) is 0 Å². The minimum absolute atomic E-state index is 0.112. The second-order valence-electron chi connectivity index (χ2n) is 3.62. The predicted molar refractivity (Wildman–Crippen MR) is 50.1 cm³/mol. The number of carbonyl (C=O) groups is 1. The molecule has 0 aliphatic carbocycles. The van der Waals surface area contributed by atoms with Crippen LogP contribution >= 0.6 is 0 Å². The van der Waals surface area contributed by atoms with Crippen LogP contribution in [0.15, 0.2) is 10.7 Å². The molecule has 0 aromatic carbocycles. The van der Waals surface area contributed by atoms with E-state index < -0.39 is 5.97 Å². The van der Waals surface area contributed by atoms with Gasteiger partial charge in [0.25, 0.3) is 0 Å².